The van der Waals surface area contributed by atoms with E-state index < -0.39 is 35.4 Å². The molecular weight excluding hydrogens is 512 g/mol. The first-order valence-corrected chi connectivity index (χ1v) is 13.8. The average Bonchev–Trinajstić information content (AvgIpc) is 3.76. The molecule has 1 aromatic carbocycles. The molecule has 214 valence electrons. The summed E-state index contributed by atoms with van der Waals surface area (Å²) in [5, 5.41) is 15.2. The summed E-state index contributed by atoms with van der Waals surface area (Å²) in [5.41, 5.74) is 5.22. The van der Waals surface area contributed by atoms with Gasteiger partial charge in [-0.2, -0.15) is 10.2 Å². The van der Waals surface area contributed by atoms with Crippen LogP contribution in [0.3, 0.4) is 0 Å². The summed E-state index contributed by atoms with van der Waals surface area (Å²) in [7, 11) is 0. The van der Waals surface area contributed by atoms with Crippen LogP contribution in [0, 0.1) is 22.7 Å². The number of carbonyl (C=O) groups excluding carboxylic acids is 4. The Kier molecular flexibility index (Phi) is 7.06. The van der Waals surface area contributed by atoms with Crippen molar-refractivity contribution in [3.63, 3.8) is 0 Å². The molecule has 2 saturated carbocycles. The number of benzene rings is 1. The van der Waals surface area contributed by atoms with Gasteiger partial charge in [0.05, 0.1) is 12.3 Å². The summed E-state index contributed by atoms with van der Waals surface area (Å²) in [4.78, 5) is 54.8. The monoisotopic (exact) mass is 550 g/mol. The minimum Gasteiger partial charge on any atom is -0.368 e. The highest BCUT2D eigenvalue weighted by Crippen LogP contribution is 2.65. The Bertz CT molecular complexity index is 1340. The zero-order valence-electron chi connectivity index (χ0n) is 23.6. The number of likely N-dealkylation sites (tertiary alicyclic amines) is 1. The number of nitrogens with one attached hydrogen (secondary N) is 2. The maximum atomic E-state index is 14.0. The summed E-state index contributed by atoms with van der Waals surface area (Å²) in [6.07, 6.45) is 3.56. The van der Waals surface area contributed by atoms with E-state index in [1.165, 1.54) is 0 Å². The van der Waals surface area contributed by atoms with Gasteiger partial charge in [-0.15, -0.1) is 0 Å². The van der Waals surface area contributed by atoms with Crippen LogP contribution in [0.15, 0.2) is 30.5 Å². The van der Waals surface area contributed by atoms with Crippen LogP contribution >= 0.6 is 0 Å². The van der Waals surface area contributed by atoms with Crippen LogP contribution in [0.4, 0.5) is 0 Å². The SMILES string of the molecule is CC(C)(C)[C@H](NC(=O)COC1CC1)C(=O)N1C[C@H]2[C@@H]([C@H]1C(=O)NC(C(N)=O)c1nncc3ccccc13)C2(C)C. The van der Waals surface area contributed by atoms with E-state index in [-0.39, 0.29) is 47.5 Å². The van der Waals surface area contributed by atoms with Gasteiger partial charge in [0.25, 0.3) is 0 Å². The number of piperidine rings is 1. The molecule has 3 aliphatic rings. The number of hydrogen-bond acceptors (Lipinski definition) is 7. The second-order valence-electron chi connectivity index (χ2n) is 12.9. The Balaban J connectivity index is 1.40. The molecule has 3 fully saturated rings. The number of carbonyl (C=O) groups is 4. The van der Waals surface area contributed by atoms with Crippen LogP contribution in [-0.2, 0) is 23.9 Å². The molecule has 1 unspecified atom stereocenters. The van der Waals surface area contributed by atoms with Gasteiger partial charge in [-0.25, -0.2) is 0 Å². The number of fused-ring (bicyclic) bond motifs is 2. The number of aromatic nitrogens is 2. The third-order valence-corrected chi connectivity index (χ3v) is 8.60. The van der Waals surface area contributed by atoms with Crippen LogP contribution in [0.5, 0.6) is 0 Å². The number of amides is 4. The molecule has 1 saturated heterocycles. The van der Waals surface area contributed by atoms with Crippen molar-refractivity contribution in [2.75, 3.05) is 13.2 Å². The molecule has 4 N–H and O–H groups in total. The molecule has 2 aliphatic carbocycles. The van der Waals surface area contributed by atoms with Crippen molar-refractivity contribution in [2.24, 2.45) is 28.4 Å². The minimum atomic E-state index is -1.23. The fraction of sp³-hybridized carbons (Fsp3) is 0.586. The molecule has 0 radical (unpaired) electrons. The molecule has 1 aromatic heterocycles. The second-order valence-corrected chi connectivity index (χ2v) is 12.9. The van der Waals surface area contributed by atoms with Gasteiger partial charge in [-0.1, -0.05) is 58.9 Å². The molecule has 5 atom stereocenters. The largest absolute Gasteiger partial charge is 0.368 e. The lowest BCUT2D eigenvalue weighted by Crippen LogP contribution is -2.60. The first kappa shape index (κ1) is 27.9. The topological polar surface area (TPSA) is 157 Å². The smallest absolute Gasteiger partial charge is 0.246 e. The molecule has 5 rings (SSSR count). The van der Waals surface area contributed by atoms with Crippen LogP contribution in [0.25, 0.3) is 10.8 Å². The summed E-state index contributed by atoms with van der Waals surface area (Å²) >= 11 is 0. The van der Waals surface area contributed by atoms with Crippen LogP contribution < -0.4 is 16.4 Å². The number of nitrogens with zero attached hydrogens (tertiary/aromatic N) is 3. The van der Waals surface area contributed by atoms with Crippen molar-refractivity contribution in [3.8, 4) is 0 Å². The molecule has 2 heterocycles. The fourth-order valence-electron chi connectivity index (χ4n) is 6.02. The number of nitrogens with two attached hydrogens (primary N) is 1. The van der Waals surface area contributed by atoms with Gasteiger partial charge in [0.2, 0.25) is 23.6 Å². The van der Waals surface area contributed by atoms with Gasteiger partial charge in [0, 0.05) is 17.3 Å². The third kappa shape index (κ3) is 5.26. The number of primary amides is 1. The molecule has 0 spiro atoms. The number of hydrogen-bond donors (Lipinski definition) is 3. The lowest BCUT2D eigenvalue weighted by Gasteiger charge is -2.37. The lowest BCUT2D eigenvalue weighted by atomic mass is 9.85. The summed E-state index contributed by atoms with van der Waals surface area (Å²) in [5.74, 6) is -1.95. The highest BCUT2D eigenvalue weighted by Gasteiger charge is 2.70. The first-order chi connectivity index (χ1) is 18.8. The van der Waals surface area contributed by atoms with E-state index in [4.69, 9.17) is 10.5 Å². The maximum absolute atomic E-state index is 14.0. The molecule has 11 heteroatoms. The van der Waals surface area contributed by atoms with Crippen LogP contribution in [0.1, 0.15) is 59.2 Å². The predicted octanol–water partition coefficient (Wildman–Crippen LogP) is 1.47. The van der Waals surface area contributed by atoms with Crippen molar-refractivity contribution in [1.82, 2.24) is 25.7 Å². The maximum Gasteiger partial charge on any atom is 0.246 e. The van der Waals surface area contributed by atoms with E-state index >= 15 is 0 Å². The zero-order valence-corrected chi connectivity index (χ0v) is 23.6. The van der Waals surface area contributed by atoms with Crippen LogP contribution in [-0.4, -0.2) is 70.1 Å². The molecule has 2 aromatic rings. The third-order valence-electron chi connectivity index (χ3n) is 8.60. The standard InChI is InChI=1S/C29H38N6O5/c1-28(2,3)24(32-19(36)14-40-16-10-11-16)27(39)35-13-18-20(29(18,4)5)23(35)26(38)33-22(25(30)37)21-17-9-7-6-8-15(17)12-31-34-21/h6-9,12,16,18,20,22-24H,10-11,13-14H2,1-5H3,(H2,30,37)(H,32,36)(H,33,38)/t18-,20-,22?,23-,24+/m0/s1. The molecular formula is C29H38N6O5. The molecule has 4 amide bonds. The summed E-state index contributed by atoms with van der Waals surface area (Å²) < 4.78 is 5.53. The number of ether oxygens (including phenoxy) is 1. The Morgan fingerprint density at radius 1 is 1.15 bits per heavy atom. The summed E-state index contributed by atoms with van der Waals surface area (Å²) in [6, 6.07) is 4.33. The van der Waals surface area contributed by atoms with Crippen LogP contribution in [0.2, 0.25) is 0 Å². The summed E-state index contributed by atoms with van der Waals surface area (Å²) in [6.45, 7) is 10.0. The van der Waals surface area contributed by atoms with Crippen molar-refractivity contribution in [2.45, 2.75) is 71.7 Å². The van der Waals surface area contributed by atoms with Crippen molar-refractivity contribution in [3.05, 3.63) is 36.2 Å². The predicted molar refractivity (Wildman–Crippen MR) is 146 cm³/mol. The van der Waals surface area contributed by atoms with E-state index in [9.17, 15) is 19.2 Å². The van der Waals surface area contributed by atoms with Gasteiger partial charge in [0.1, 0.15) is 24.4 Å². The van der Waals surface area contributed by atoms with E-state index in [1.54, 1.807) is 23.2 Å². The Morgan fingerprint density at radius 3 is 2.50 bits per heavy atom. The van der Waals surface area contributed by atoms with Gasteiger partial charge in [-0.05, 0) is 35.5 Å². The van der Waals surface area contributed by atoms with E-state index in [0.29, 0.717) is 11.9 Å². The number of rotatable bonds is 9. The molecule has 11 nitrogen and oxygen atoms in total. The normalized spacial score (nSPS) is 24.6. The van der Waals surface area contributed by atoms with Crippen molar-refractivity contribution < 1.29 is 23.9 Å². The molecule has 0 bridgehead atoms. The lowest BCUT2D eigenvalue weighted by molar-refractivity contribution is -0.146. The van der Waals surface area contributed by atoms with Gasteiger partial charge in [-0.3, -0.25) is 19.2 Å². The molecule has 1 aliphatic heterocycles. The first-order valence-electron chi connectivity index (χ1n) is 13.8. The van der Waals surface area contributed by atoms with Gasteiger partial charge < -0.3 is 26.0 Å². The highest BCUT2D eigenvalue weighted by molar-refractivity contribution is 5.97. The van der Waals surface area contributed by atoms with Gasteiger partial charge >= 0.3 is 0 Å². The zero-order chi connectivity index (χ0) is 29.0. The Hall–Kier alpha value is -3.60. The van der Waals surface area contributed by atoms with E-state index in [2.05, 4.69) is 34.7 Å². The second kappa shape index (κ2) is 10.1. The highest BCUT2D eigenvalue weighted by atomic mass is 16.5. The fourth-order valence-corrected chi connectivity index (χ4v) is 6.02. The van der Waals surface area contributed by atoms with Crippen molar-refractivity contribution >= 4 is 34.4 Å². The average molecular weight is 551 g/mol. The minimum absolute atomic E-state index is 0.0990. The molecule has 40 heavy (non-hydrogen) atoms. The quantitative estimate of drug-likeness (QED) is 0.427. The Labute approximate surface area is 233 Å². The van der Waals surface area contributed by atoms with E-state index in [0.717, 1.165) is 18.2 Å². The Morgan fingerprint density at radius 2 is 1.85 bits per heavy atom. The van der Waals surface area contributed by atoms with E-state index in [1.807, 2.05) is 32.9 Å². The van der Waals surface area contributed by atoms with Gasteiger partial charge in [0.15, 0.2) is 6.04 Å². The van der Waals surface area contributed by atoms with Crippen molar-refractivity contribution in [1.29, 1.82) is 0 Å².